The van der Waals surface area contributed by atoms with Gasteiger partial charge in [0.05, 0.1) is 13.2 Å². The summed E-state index contributed by atoms with van der Waals surface area (Å²) in [5.41, 5.74) is 4.20. The van der Waals surface area contributed by atoms with Crippen LogP contribution in [0, 0.1) is 17.5 Å². The molecule has 1 atom stereocenters. The van der Waals surface area contributed by atoms with Crippen LogP contribution in [-0.2, 0) is 4.84 Å². The summed E-state index contributed by atoms with van der Waals surface area (Å²) in [6.07, 6.45) is 7.58. The molecule has 2 aromatic carbocycles. The molecule has 1 saturated heterocycles. The highest BCUT2D eigenvalue weighted by Gasteiger charge is 2.32. The zero-order chi connectivity index (χ0) is 24.4. The molecule has 0 radical (unpaired) electrons. The Morgan fingerprint density at radius 1 is 1.06 bits per heavy atom. The Morgan fingerprint density at radius 3 is 2.57 bits per heavy atom. The van der Waals surface area contributed by atoms with Gasteiger partial charge >= 0.3 is 0 Å². The lowest BCUT2D eigenvalue weighted by Gasteiger charge is -2.36. The summed E-state index contributed by atoms with van der Waals surface area (Å²) in [7, 11) is 1.63. The highest BCUT2D eigenvalue weighted by molar-refractivity contribution is 6.02. The van der Waals surface area contributed by atoms with Crippen LogP contribution in [-0.4, -0.2) is 36.0 Å². The number of amidine groups is 1. The molecule has 1 unspecified atom stereocenters. The molecular weight excluding hydrogens is 455 g/mol. The number of methoxy groups -OCH3 is 1. The maximum Gasteiger partial charge on any atom is 0.194 e. The Morgan fingerprint density at radius 2 is 1.83 bits per heavy atom. The van der Waals surface area contributed by atoms with Crippen LogP contribution in [0.2, 0.25) is 0 Å². The Kier molecular flexibility index (Phi) is 6.44. The van der Waals surface area contributed by atoms with Crippen LogP contribution >= 0.6 is 0 Å². The van der Waals surface area contributed by atoms with E-state index in [1.807, 2.05) is 41.3 Å². The molecule has 5 rings (SSSR count). The van der Waals surface area contributed by atoms with E-state index in [-0.39, 0.29) is 12.6 Å². The summed E-state index contributed by atoms with van der Waals surface area (Å²) in [4.78, 5) is 11.6. The highest BCUT2D eigenvalue weighted by Crippen LogP contribution is 2.36. The quantitative estimate of drug-likeness (QED) is 0.423. The molecule has 2 aliphatic rings. The number of hydrogen-bond donors (Lipinski definition) is 0. The van der Waals surface area contributed by atoms with Crippen molar-refractivity contribution in [3.63, 3.8) is 0 Å². The first-order valence-electron chi connectivity index (χ1n) is 11.5. The molecule has 1 fully saturated rings. The van der Waals surface area contributed by atoms with Crippen LogP contribution in [0.3, 0.4) is 0 Å². The van der Waals surface area contributed by atoms with Crippen molar-refractivity contribution < 1.29 is 22.7 Å². The van der Waals surface area contributed by atoms with Crippen LogP contribution in [0.5, 0.6) is 5.75 Å². The molecule has 0 bridgehead atoms. The molecule has 0 amide bonds. The van der Waals surface area contributed by atoms with Gasteiger partial charge in [-0.25, -0.2) is 13.2 Å². The van der Waals surface area contributed by atoms with Crippen LogP contribution in [0.25, 0.3) is 17.2 Å². The summed E-state index contributed by atoms with van der Waals surface area (Å²) in [5, 5.41) is 4.34. The second-order valence-electron chi connectivity index (χ2n) is 8.51. The van der Waals surface area contributed by atoms with E-state index in [1.54, 1.807) is 19.5 Å². The molecule has 0 saturated carbocycles. The third-order valence-electron chi connectivity index (χ3n) is 6.36. The lowest BCUT2D eigenvalue weighted by atomic mass is 9.94. The topological polar surface area (TPSA) is 47.0 Å². The molecule has 2 aliphatic heterocycles. The fourth-order valence-corrected chi connectivity index (χ4v) is 4.70. The fraction of sp³-hybridized carbons (Fsp3) is 0.259. The number of halogens is 3. The molecule has 0 N–H and O–H groups in total. The Balaban J connectivity index is 1.49. The van der Waals surface area contributed by atoms with E-state index in [1.165, 1.54) is 0 Å². The van der Waals surface area contributed by atoms with E-state index in [9.17, 15) is 13.2 Å². The van der Waals surface area contributed by atoms with Crippen molar-refractivity contribution in [3.8, 4) is 16.9 Å². The Bertz CT molecular complexity index is 1270. The molecule has 5 nitrogen and oxygen atoms in total. The summed E-state index contributed by atoms with van der Waals surface area (Å²) >= 11 is 0. The number of rotatable bonds is 4. The first-order valence-corrected chi connectivity index (χ1v) is 11.5. The fourth-order valence-electron chi connectivity index (χ4n) is 4.70. The standard InChI is InChI=1S/C27H24F3N3O2/c1-34-25-14-17(4-5-21(25)18-6-9-31-10-7-18)13-19-3-2-11-33-24(8-12-35-32-27(19)33)20-15-22(28)26(30)23(29)16-20/h4-7,9-10,13-16,24H,2-3,8,11-12H2,1H3/b19-13+. The number of pyridine rings is 1. The van der Waals surface area contributed by atoms with Gasteiger partial charge in [-0.15, -0.1) is 0 Å². The minimum absolute atomic E-state index is 0.285. The Hall–Kier alpha value is -3.81. The molecule has 180 valence electrons. The van der Waals surface area contributed by atoms with Crippen LogP contribution in [0.15, 0.2) is 65.6 Å². The van der Waals surface area contributed by atoms with Crippen molar-refractivity contribution in [3.05, 3.63) is 89.0 Å². The van der Waals surface area contributed by atoms with Crippen LogP contribution in [0.1, 0.15) is 36.4 Å². The Labute approximate surface area is 201 Å². The number of hydrogen-bond acceptors (Lipinski definition) is 5. The van der Waals surface area contributed by atoms with Gasteiger partial charge in [0.15, 0.2) is 23.3 Å². The number of oxime groups is 1. The number of ether oxygens (including phenoxy) is 1. The van der Waals surface area contributed by atoms with Crippen LogP contribution < -0.4 is 4.74 Å². The maximum absolute atomic E-state index is 14.0. The van der Waals surface area contributed by atoms with Crippen molar-refractivity contribution in [1.82, 2.24) is 9.88 Å². The molecule has 0 spiro atoms. The number of aromatic nitrogens is 1. The summed E-state index contributed by atoms with van der Waals surface area (Å²) < 4.78 is 47.2. The number of benzene rings is 2. The third kappa shape index (κ3) is 4.60. The summed E-state index contributed by atoms with van der Waals surface area (Å²) in [6, 6.07) is 11.6. The van der Waals surface area contributed by atoms with E-state index < -0.39 is 17.5 Å². The van der Waals surface area contributed by atoms with Gasteiger partial charge in [0.1, 0.15) is 12.4 Å². The predicted octanol–water partition coefficient (Wildman–Crippen LogP) is 6.13. The van der Waals surface area contributed by atoms with Crippen molar-refractivity contribution in [2.24, 2.45) is 5.16 Å². The zero-order valence-corrected chi connectivity index (χ0v) is 19.2. The van der Waals surface area contributed by atoms with E-state index in [0.29, 0.717) is 24.4 Å². The third-order valence-corrected chi connectivity index (χ3v) is 6.36. The van der Waals surface area contributed by atoms with Gasteiger partial charge in [-0.1, -0.05) is 17.3 Å². The monoisotopic (exact) mass is 479 g/mol. The van der Waals surface area contributed by atoms with Gasteiger partial charge in [-0.2, -0.15) is 0 Å². The maximum atomic E-state index is 14.0. The summed E-state index contributed by atoms with van der Waals surface area (Å²) in [6.45, 7) is 0.933. The van der Waals surface area contributed by atoms with Crippen molar-refractivity contribution in [2.75, 3.05) is 20.3 Å². The lowest BCUT2D eigenvalue weighted by molar-refractivity contribution is 0.140. The summed E-state index contributed by atoms with van der Waals surface area (Å²) in [5.74, 6) is -2.50. The first kappa shape index (κ1) is 23.0. The highest BCUT2D eigenvalue weighted by atomic mass is 19.2. The first-order chi connectivity index (χ1) is 17.0. The minimum Gasteiger partial charge on any atom is -0.496 e. The van der Waals surface area contributed by atoms with E-state index in [0.717, 1.165) is 53.0 Å². The van der Waals surface area contributed by atoms with Crippen molar-refractivity contribution >= 4 is 11.9 Å². The van der Waals surface area contributed by atoms with Gasteiger partial charge in [0, 0.05) is 30.9 Å². The van der Waals surface area contributed by atoms with Gasteiger partial charge in [-0.05, 0) is 71.5 Å². The van der Waals surface area contributed by atoms with Gasteiger partial charge in [-0.3, -0.25) is 4.98 Å². The SMILES string of the molecule is COc1cc(/C=C2\CCCN3C2=NOCCC3c2cc(F)c(F)c(F)c2)ccc1-c1ccncc1. The molecule has 35 heavy (non-hydrogen) atoms. The van der Waals surface area contributed by atoms with Crippen molar-refractivity contribution in [1.29, 1.82) is 0 Å². The lowest BCUT2D eigenvalue weighted by Crippen LogP contribution is -2.39. The van der Waals surface area contributed by atoms with E-state index in [4.69, 9.17) is 9.57 Å². The molecule has 3 heterocycles. The molecular formula is C27H24F3N3O2. The second kappa shape index (κ2) is 9.82. The van der Waals surface area contributed by atoms with Crippen LogP contribution in [0.4, 0.5) is 13.2 Å². The normalized spacial score (nSPS) is 19.0. The molecule has 0 aliphatic carbocycles. The number of fused-ring (bicyclic) bond motifs is 1. The molecule has 8 heteroatoms. The van der Waals surface area contributed by atoms with Crippen molar-refractivity contribution in [2.45, 2.75) is 25.3 Å². The van der Waals surface area contributed by atoms with E-state index in [2.05, 4.69) is 10.1 Å². The molecule has 3 aromatic rings. The average molecular weight is 480 g/mol. The molecule has 1 aromatic heterocycles. The minimum atomic E-state index is -1.46. The van der Waals surface area contributed by atoms with Gasteiger partial charge in [0.2, 0.25) is 0 Å². The largest absolute Gasteiger partial charge is 0.496 e. The zero-order valence-electron chi connectivity index (χ0n) is 19.2. The van der Waals surface area contributed by atoms with Gasteiger partial charge in [0.25, 0.3) is 0 Å². The van der Waals surface area contributed by atoms with E-state index >= 15 is 0 Å². The number of piperidine rings is 1. The predicted molar refractivity (Wildman–Crippen MR) is 127 cm³/mol. The number of nitrogens with zero attached hydrogens (tertiary/aromatic N) is 3. The second-order valence-corrected chi connectivity index (χ2v) is 8.51. The van der Waals surface area contributed by atoms with Gasteiger partial charge < -0.3 is 14.5 Å². The average Bonchev–Trinajstić information content (AvgIpc) is 3.11. The smallest absolute Gasteiger partial charge is 0.194 e.